The molecule has 0 atom stereocenters. The molecular weight excluding hydrogens is 492 g/mol. The minimum Gasteiger partial charge on any atom is -0.457 e. The summed E-state index contributed by atoms with van der Waals surface area (Å²) < 4.78 is 34.0. The van der Waals surface area contributed by atoms with Crippen molar-refractivity contribution in [1.29, 1.82) is 0 Å². The first-order chi connectivity index (χ1) is 17.3. The molecule has 0 radical (unpaired) electrons. The zero-order valence-electron chi connectivity index (χ0n) is 19.9. The summed E-state index contributed by atoms with van der Waals surface area (Å²) in [6, 6.07) is 29.9. The van der Waals surface area contributed by atoms with Crippen molar-refractivity contribution in [1.82, 2.24) is 0 Å². The molecule has 0 aliphatic heterocycles. The molecule has 0 unspecified atom stereocenters. The molecule has 1 N–H and O–H groups in total. The number of thioether (sulfide) groups is 1. The largest absolute Gasteiger partial charge is 0.457 e. The van der Waals surface area contributed by atoms with Gasteiger partial charge >= 0.3 is 0 Å². The van der Waals surface area contributed by atoms with Gasteiger partial charge in [-0.25, -0.2) is 8.42 Å². The third kappa shape index (κ3) is 6.27. The van der Waals surface area contributed by atoms with Gasteiger partial charge in [0.15, 0.2) is 0 Å². The van der Waals surface area contributed by atoms with E-state index in [2.05, 4.69) is 5.32 Å². The number of carbonyl (C=O) groups is 1. The minimum atomic E-state index is -3.98. The fraction of sp³-hybridized carbons (Fsp3) is 0.107. The fourth-order valence-electron chi connectivity index (χ4n) is 3.46. The Hall–Kier alpha value is -3.75. The van der Waals surface area contributed by atoms with E-state index in [9.17, 15) is 13.2 Å². The predicted octanol–water partition coefficient (Wildman–Crippen LogP) is 6.34. The van der Waals surface area contributed by atoms with Crippen LogP contribution in [0.15, 0.2) is 113 Å². The van der Waals surface area contributed by atoms with E-state index in [-0.39, 0.29) is 11.4 Å². The molecule has 0 heterocycles. The van der Waals surface area contributed by atoms with Gasteiger partial charge in [-0.3, -0.25) is 9.10 Å². The number of para-hydroxylation sites is 1. The van der Waals surface area contributed by atoms with Gasteiger partial charge in [-0.2, -0.15) is 0 Å². The molecule has 4 rings (SSSR count). The Morgan fingerprint density at radius 1 is 0.833 bits per heavy atom. The number of hydrogen-bond acceptors (Lipinski definition) is 5. The average Bonchev–Trinajstić information content (AvgIpc) is 2.89. The number of hydrogen-bond donors (Lipinski definition) is 1. The maximum Gasteiger partial charge on any atom is 0.264 e. The predicted molar refractivity (Wildman–Crippen MR) is 146 cm³/mol. The molecule has 0 saturated carbocycles. The number of ether oxygens (including phenoxy) is 1. The van der Waals surface area contributed by atoms with Crippen molar-refractivity contribution in [2.45, 2.75) is 16.7 Å². The third-order valence-corrected chi connectivity index (χ3v) is 7.91. The SMILES string of the molecule is CSc1ccc(S(=O)(=O)N(CC(=O)Nc2ccc(Oc3ccccc3)cc2)c2ccc(C)cc2)cc1. The lowest BCUT2D eigenvalue weighted by atomic mass is 10.2. The van der Waals surface area contributed by atoms with Gasteiger partial charge in [-0.15, -0.1) is 11.8 Å². The van der Waals surface area contributed by atoms with Crippen LogP contribution in [0.3, 0.4) is 0 Å². The highest BCUT2D eigenvalue weighted by Crippen LogP contribution is 2.27. The van der Waals surface area contributed by atoms with E-state index in [0.717, 1.165) is 14.8 Å². The molecule has 0 spiro atoms. The minimum absolute atomic E-state index is 0.121. The van der Waals surface area contributed by atoms with E-state index >= 15 is 0 Å². The monoisotopic (exact) mass is 518 g/mol. The second-order valence-corrected chi connectivity index (χ2v) is 10.8. The van der Waals surface area contributed by atoms with Crippen LogP contribution in [0.1, 0.15) is 5.56 Å². The summed E-state index contributed by atoms with van der Waals surface area (Å²) in [6.07, 6.45) is 1.92. The van der Waals surface area contributed by atoms with E-state index < -0.39 is 15.9 Å². The number of nitrogens with zero attached hydrogens (tertiary/aromatic N) is 1. The Balaban J connectivity index is 1.52. The number of carbonyl (C=O) groups excluding carboxylic acids is 1. The quantitative estimate of drug-likeness (QED) is 0.262. The van der Waals surface area contributed by atoms with Gasteiger partial charge in [0.1, 0.15) is 18.0 Å². The summed E-state index contributed by atoms with van der Waals surface area (Å²) in [5.74, 6) is 0.868. The van der Waals surface area contributed by atoms with Crippen molar-refractivity contribution in [3.63, 3.8) is 0 Å². The Bertz CT molecular complexity index is 1410. The van der Waals surface area contributed by atoms with E-state index in [0.29, 0.717) is 22.9 Å². The molecule has 0 bridgehead atoms. The fourth-order valence-corrected chi connectivity index (χ4v) is 5.29. The molecule has 6 nitrogen and oxygen atoms in total. The van der Waals surface area contributed by atoms with Crippen LogP contribution in [0, 0.1) is 6.92 Å². The van der Waals surface area contributed by atoms with Gasteiger partial charge in [-0.1, -0.05) is 35.9 Å². The van der Waals surface area contributed by atoms with Crippen molar-refractivity contribution in [3.05, 3.63) is 109 Å². The first-order valence-electron chi connectivity index (χ1n) is 11.2. The average molecular weight is 519 g/mol. The first kappa shape index (κ1) is 25.3. The number of sulfonamides is 1. The van der Waals surface area contributed by atoms with Gasteiger partial charge in [0.2, 0.25) is 5.91 Å². The van der Waals surface area contributed by atoms with E-state index in [1.807, 2.05) is 55.6 Å². The van der Waals surface area contributed by atoms with Crippen molar-refractivity contribution < 1.29 is 17.9 Å². The number of nitrogens with one attached hydrogen (secondary N) is 1. The van der Waals surface area contributed by atoms with Crippen LogP contribution in [0.25, 0.3) is 0 Å². The van der Waals surface area contributed by atoms with Crippen molar-refractivity contribution >= 4 is 39.1 Å². The lowest BCUT2D eigenvalue weighted by Gasteiger charge is -2.24. The number of rotatable bonds is 9. The van der Waals surface area contributed by atoms with Gasteiger partial charge < -0.3 is 10.1 Å². The van der Waals surface area contributed by atoms with Crippen molar-refractivity contribution in [2.24, 2.45) is 0 Å². The summed E-state index contributed by atoms with van der Waals surface area (Å²) in [5, 5.41) is 2.78. The maximum absolute atomic E-state index is 13.5. The summed E-state index contributed by atoms with van der Waals surface area (Å²) in [4.78, 5) is 14.0. The molecule has 36 heavy (non-hydrogen) atoms. The normalized spacial score (nSPS) is 11.1. The van der Waals surface area contributed by atoms with Crippen molar-refractivity contribution in [3.8, 4) is 11.5 Å². The number of anilines is 2. The topological polar surface area (TPSA) is 75.7 Å². The summed E-state index contributed by atoms with van der Waals surface area (Å²) >= 11 is 1.53. The number of aryl methyl sites for hydroxylation is 1. The molecule has 0 aliphatic rings. The highest BCUT2D eigenvalue weighted by Gasteiger charge is 2.27. The Kier molecular flexibility index (Phi) is 7.97. The van der Waals surface area contributed by atoms with Crippen LogP contribution in [0.2, 0.25) is 0 Å². The lowest BCUT2D eigenvalue weighted by Crippen LogP contribution is -2.38. The van der Waals surface area contributed by atoms with Gasteiger partial charge in [0.05, 0.1) is 10.6 Å². The van der Waals surface area contributed by atoms with Crippen LogP contribution >= 0.6 is 11.8 Å². The van der Waals surface area contributed by atoms with Crippen LogP contribution in [-0.4, -0.2) is 27.1 Å². The molecule has 0 saturated heterocycles. The molecule has 0 aliphatic carbocycles. The van der Waals surface area contributed by atoms with E-state index in [4.69, 9.17) is 4.74 Å². The zero-order chi connectivity index (χ0) is 25.5. The van der Waals surface area contributed by atoms with Gasteiger partial charge in [0.25, 0.3) is 10.0 Å². The van der Waals surface area contributed by atoms with Crippen molar-refractivity contribution in [2.75, 3.05) is 22.4 Å². The molecule has 8 heteroatoms. The zero-order valence-corrected chi connectivity index (χ0v) is 21.6. The summed E-state index contributed by atoms with van der Waals surface area (Å²) in [6.45, 7) is 1.54. The maximum atomic E-state index is 13.5. The van der Waals surface area contributed by atoms with E-state index in [1.165, 1.54) is 11.8 Å². The second kappa shape index (κ2) is 11.3. The van der Waals surface area contributed by atoms with Crippen LogP contribution in [0.5, 0.6) is 11.5 Å². The standard InChI is InChI=1S/C28H26N2O4S2/c1-21-8-12-23(13-9-21)30(36(32,33)27-18-16-26(35-2)17-19-27)20-28(31)29-22-10-14-25(15-11-22)34-24-6-4-3-5-7-24/h3-19H,20H2,1-2H3,(H,29,31). The molecular formula is C28H26N2O4S2. The first-order valence-corrected chi connectivity index (χ1v) is 13.9. The molecule has 4 aromatic carbocycles. The smallest absolute Gasteiger partial charge is 0.264 e. The number of amides is 1. The van der Waals surface area contributed by atoms with Gasteiger partial charge in [-0.05, 0) is 86.0 Å². The van der Waals surface area contributed by atoms with Crippen LogP contribution in [-0.2, 0) is 14.8 Å². The highest BCUT2D eigenvalue weighted by molar-refractivity contribution is 7.98. The molecule has 1 amide bonds. The number of benzene rings is 4. The molecule has 0 fully saturated rings. The Labute approximate surface area is 216 Å². The Morgan fingerprint density at radius 2 is 1.44 bits per heavy atom. The highest BCUT2D eigenvalue weighted by atomic mass is 32.2. The molecule has 0 aromatic heterocycles. The molecule has 4 aromatic rings. The van der Waals surface area contributed by atoms with Crippen LogP contribution in [0.4, 0.5) is 11.4 Å². The summed E-state index contributed by atoms with van der Waals surface area (Å²) in [7, 11) is -3.98. The third-order valence-electron chi connectivity index (χ3n) is 5.37. The van der Waals surface area contributed by atoms with E-state index in [1.54, 1.807) is 60.7 Å². The Morgan fingerprint density at radius 3 is 2.06 bits per heavy atom. The second-order valence-electron chi connectivity index (χ2n) is 8.01. The molecule has 184 valence electrons. The lowest BCUT2D eigenvalue weighted by molar-refractivity contribution is -0.114. The summed E-state index contributed by atoms with van der Waals surface area (Å²) in [5.41, 5.74) is 1.94. The van der Waals surface area contributed by atoms with Crippen LogP contribution < -0.4 is 14.4 Å². The van der Waals surface area contributed by atoms with Gasteiger partial charge in [0, 0.05) is 10.6 Å².